The van der Waals surface area contributed by atoms with Crippen LogP contribution in [-0.4, -0.2) is 12.6 Å². The van der Waals surface area contributed by atoms with Gasteiger partial charge in [-0.2, -0.15) is 0 Å². The van der Waals surface area contributed by atoms with Crippen molar-refractivity contribution in [2.45, 2.75) is 23.1 Å². The number of fused-ring (bicyclic) bond motifs is 2. The van der Waals surface area contributed by atoms with Gasteiger partial charge in [-0.15, -0.1) is 0 Å². The van der Waals surface area contributed by atoms with E-state index in [0.29, 0.717) is 17.9 Å². The lowest BCUT2D eigenvalue weighted by Crippen LogP contribution is -2.09. The van der Waals surface area contributed by atoms with Gasteiger partial charge in [-0.1, -0.05) is 30.0 Å². The Labute approximate surface area is 122 Å². The highest BCUT2D eigenvalue weighted by Crippen LogP contribution is 2.42. The molecule has 0 atom stereocenters. The van der Waals surface area contributed by atoms with Crippen molar-refractivity contribution in [1.82, 2.24) is 0 Å². The molecule has 0 fully saturated rings. The third-order valence-electron chi connectivity index (χ3n) is 3.31. The summed E-state index contributed by atoms with van der Waals surface area (Å²) in [6.07, 6.45) is 0.813. The summed E-state index contributed by atoms with van der Waals surface area (Å²) in [4.78, 5) is 14.1. The molecule has 0 aliphatic carbocycles. The van der Waals surface area contributed by atoms with Crippen LogP contribution in [0.2, 0.25) is 0 Å². The average Bonchev–Trinajstić information content (AvgIpc) is 2.45. The van der Waals surface area contributed by atoms with Crippen LogP contribution < -0.4 is 5.73 Å². The molecule has 0 radical (unpaired) electrons. The number of hydrogen-bond donors (Lipinski definition) is 1. The molecule has 2 N–H and O–H groups in total. The molecule has 1 heterocycles. The number of carbonyl (C=O) groups excluding carboxylic acids is 1. The minimum Gasteiger partial charge on any atom is -0.462 e. The van der Waals surface area contributed by atoms with E-state index in [2.05, 4.69) is 12.1 Å². The second-order valence-corrected chi connectivity index (χ2v) is 5.73. The van der Waals surface area contributed by atoms with E-state index in [1.165, 1.54) is 10.5 Å². The van der Waals surface area contributed by atoms with Crippen molar-refractivity contribution in [3.8, 4) is 0 Å². The fourth-order valence-corrected chi connectivity index (χ4v) is 3.49. The van der Waals surface area contributed by atoms with Crippen LogP contribution in [0.15, 0.2) is 46.2 Å². The summed E-state index contributed by atoms with van der Waals surface area (Å²) >= 11 is 1.66. The zero-order valence-electron chi connectivity index (χ0n) is 11.2. The summed E-state index contributed by atoms with van der Waals surface area (Å²) in [6.45, 7) is 2.16. The van der Waals surface area contributed by atoms with Crippen LogP contribution in [0.5, 0.6) is 0 Å². The molecule has 4 heteroatoms. The number of nitrogen functional groups attached to an aromatic ring is 1. The molecule has 0 unspecified atom stereocenters. The second-order valence-electron chi connectivity index (χ2n) is 4.65. The van der Waals surface area contributed by atoms with Gasteiger partial charge in [-0.3, -0.25) is 0 Å². The minimum absolute atomic E-state index is 0.318. The summed E-state index contributed by atoms with van der Waals surface area (Å²) in [7, 11) is 0. The van der Waals surface area contributed by atoms with Gasteiger partial charge in [0.25, 0.3) is 0 Å². The first-order valence-corrected chi connectivity index (χ1v) is 7.36. The Bertz CT molecular complexity index is 682. The molecule has 0 aromatic heterocycles. The van der Waals surface area contributed by atoms with Gasteiger partial charge in [-0.25, -0.2) is 4.79 Å². The Morgan fingerprint density at radius 2 is 2.10 bits per heavy atom. The van der Waals surface area contributed by atoms with Crippen LogP contribution in [0.1, 0.15) is 28.4 Å². The van der Waals surface area contributed by atoms with E-state index < -0.39 is 0 Å². The largest absolute Gasteiger partial charge is 0.462 e. The summed E-state index contributed by atoms with van der Waals surface area (Å²) in [5.74, 6) is -0.318. The van der Waals surface area contributed by atoms with E-state index in [0.717, 1.165) is 16.9 Å². The van der Waals surface area contributed by atoms with Crippen molar-refractivity contribution in [1.29, 1.82) is 0 Å². The number of esters is 1. The van der Waals surface area contributed by atoms with E-state index in [1.807, 2.05) is 18.2 Å². The first-order valence-electron chi connectivity index (χ1n) is 6.54. The first kappa shape index (κ1) is 13.1. The van der Waals surface area contributed by atoms with Gasteiger partial charge in [-0.05, 0) is 36.2 Å². The maximum Gasteiger partial charge on any atom is 0.338 e. The standard InChI is InChI=1S/C16H15NO2S/c1-2-19-16(18)11-8-13(17)12-7-10-5-3-4-6-14(10)20-15(12)9-11/h3-6,8-9H,2,7,17H2,1H3. The lowest BCUT2D eigenvalue weighted by molar-refractivity contribution is 0.0526. The molecule has 102 valence electrons. The summed E-state index contributed by atoms with van der Waals surface area (Å²) < 4.78 is 5.04. The van der Waals surface area contributed by atoms with Crippen molar-refractivity contribution in [3.05, 3.63) is 53.1 Å². The highest BCUT2D eigenvalue weighted by Gasteiger charge is 2.20. The van der Waals surface area contributed by atoms with Crippen molar-refractivity contribution in [2.24, 2.45) is 0 Å². The minimum atomic E-state index is -0.318. The molecule has 0 saturated carbocycles. The summed E-state index contributed by atoms with van der Waals surface area (Å²) in [5.41, 5.74) is 9.67. The lowest BCUT2D eigenvalue weighted by Gasteiger charge is -2.21. The van der Waals surface area contributed by atoms with Gasteiger partial charge in [0.1, 0.15) is 0 Å². The maximum atomic E-state index is 11.8. The molecule has 0 spiro atoms. The molecule has 1 aliphatic rings. The number of nitrogens with two attached hydrogens (primary N) is 1. The van der Waals surface area contributed by atoms with Crippen LogP contribution in [0.4, 0.5) is 5.69 Å². The average molecular weight is 285 g/mol. The monoisotopic (exact) mass is 285 g/mol. The molecule has 3 rings (SSSR count). The van der Waals surface area contributed by atoms with Gasteiger partial charge < -0.3 is 10.5 Å². The molecule has 0 saturated heterocycles. The summed E-state index contributed by atoms with van der Waals surface area (Å²) in [6, 6.07) is 11.9. The SMILES string of the molecule is CCOC(=O)c1cc(N)c2c(c1)Sc1ccccc1C2. The first-order chi connectivity index (χ1) is 9.69. The smallest absolute Gasteiger partial charge is 0.338 e. The Kier molecular flexibility index (Phi) is 3.40. The van der Waals surface area contributed by atoms with Gasteiger partial charge in [0.05, 0.1) is 12.2 Å². The molecular weight excluding hydrogens is 270 g/mol. The van der Waals surface area contributed by atoms with Gasteiger partial charge >= 0.3 is 5.97 Å². The molecule has 0 bridgehead atoms. The predicted molar refractivity (Wildman–Crippen MR) is 80.2 cm³/mol. The molecule has 2 aromatic carbocycles. The van der Waals surface area contributed by atoms with E-state index in [-0.39, 0.29) is 5.97 Å². The van der Waals surface area contributed by atoms with Gasteiger partial charge in [0.15, 0.2) is 0 Å². The van der Waals surface area contributed by atoms with Crippen LogP contribution in [0.3, 0.4) is 0 Å². The van der Waals surface area contributed by atoms with Crippen LogP contribution in [0, 0.1) is 0 Å². The lowest BCUT2D eigenvalue weighted by atomic mass is 10.0. The number of rotatable bonds is 2. The van der Waals surface area contributed by atoms with E-state index >= 15 is 0 Å². The van der Waals surface area contributed by atoms with Gasteiger partial charge in [0, 0.05) is 21.9 Å². The highest BCUT2D eigenvalue weighted by molar-refractivity contribution is 7.99. The molecule has 20 heavy (non-hydrogen) atoms. The van der Waals surface area contributed by atoms with Crippen molar-refractivity contribution in [2.75, 3.05) is 12.3 Å². The second kappa shape index (κ2) is 5.21. The number of hydrogen-bond acceptors (Lipinski definition) is 4. The quantitative estimate of drug-likeness (QED) is 0.578. The Hall–Kier alpha value is -1.94. The van der Waals surface area contributed by atoms with Crippen LogP contribution in [-0.2, 0) is 11.2 Å². The molecule has 1 aliphatic heterocycles. The van der Waals surface area contributed by atoms with E-state index in [4.69, 9.17) is 10.5 Å². The van der Waals surface area contributed by atoms with Crippen molar-refractivity contribution in [3.63, 3.8) is 0 Å². The van der Waals surface area contributed by atoms with Crippen molar-refractivity contribution < 1.29 is 9.53 Å². The van der Waals surface area contributed by atoms with Crippen LogP contribution >= 0.6 is 11.8 Å². The fraction of sp³-hybridized carbons (Fsp3) is 0.188. The van der Waals surface area contributed by atoms with Gasteiger partial charge in [0.2, 0.25) is 0 Å². The molecular formula is C16H15NO2S. The third-order valence-corrected chi connectivity index (χ3v) is 4.52. The number of benzene rings is 2. The van der Waals surface area contributed by atoms with E-state index in [9.17, 15) is 4.79 Å². The van der Waals surface area contributed by atoms with Crippen molar-refractivity contribution >= 4 is 23.4 Å². The highest BCUT2D eigenvalue weighted by atomic mass is 32.2. The molecule has 2 aromatic rings. The summed E-state index contributed by atoms with van der Waals surface area (Å²) in [5, 5.41) is 0. The normalized spacial score (nSPS) is 12.4. The number of ether oxygens (including phenoxy) is 1. The zero-order chi connectivity index (χ0) is 14.1. The molecule has 3 nitrogen and oxygen atoms in total. The topological polar surface area (TPSA) is 52.3 Å². The van der Waals surface area contributed by atoms with E-state index in [1.54, 1.807) is 24.8 Å². The number of anilines is 1. The third kappa shape index (κ3) is 2.27. The Morgan fingerprint density at radius 3 is 2.90 bits per heavy atom. The van der Waals surface area contributed by atoms with Crippen LogP contribution in [0.25, 0.3) is 0 Å². The Balaban J connectivity index is 2.02. The Morgan fingerprint density at radius 1 is 1.30 bits per heavy atom. The molecule has 0 amide bonds. The zero-order valence-corrected chi connectivity index (χ0v) is 12.0. The number of carbonyl (C=O) groups is 1. The fourth-order valence-electron chi connectivity index (χ4n) is 2.34. The predicted octanol–water partition coefficient (Wildman–Crippen LogP) is 3.50. The maximum absolute atomic E-state index is 11.8.